The highest BCUT2D eigenvalue weighted by Crippen LogP contribution is 2.29. The first-order valence-electron chi connectivity index (χ1n) is 10.9. The molecule has 1 heterocycles. The maximum absolute atomic E-state index is 12.7. The van der Waals surface area contributed by atoms with Gasteiger partial charge < -0.3 is 15.5 Å². The van der Waals surface area contributed by atoms with Gasteiger partial charge in [-0.3, -0.25) is 4.79 Å². The Kier molecular flexibility index (Phi) is 10.5. The topological polar surface area (TPSA) is 56.7 Å². The molecule has 33 heavy (non-hydrogen) atoms. The van der Waals surface area contributed by atoms with E-state index in [1.165, 1.54) is 18.6 Å². The summed E-state index contributed by atoms with van der Waals surface area (Å²) in [5.74, 6) is 0.646. The average Bonchev–Trinajstić information content (AvgIpc) is 2.81. The number of alkyl halides is 3. The van der Waals surface area contributed by atoms with Crippen molar-refractivity contribution < 1.29 is 18.0 Å². The van der Waals surface area contributed by atoms with Crippen LogP contribution in [-0.4, -0.2) is 36.4 Å². The van der Waals surface area contributed by atoms with Crippen LogP contribution >= 0.6 is 24.0 Å². The monoisotopic (exact) mass is 574 g/mol. The number of carbonyl (C=O) groups excluding carboxylic acids is 1. The second-order valence-electron chi connectivity index (χ2n) is 7.79. The van der Waals surface area contributed by atoms with Crippen molar-refractivity contribution >= 4 is 35.8 Å². The largest absolute Gasteiger partial charge is 0.416 e. The van der Waals surface area contributed by atoms with Crippen molar-refractivity contribution in [3.63, 3.8) is 0 Å². The molecule has 3 rings (SSSR count). The van der Waals surface area contributed by atoms with Gasteiger partial charge in [0.2, 0.25) is 0 Å². The fourth-order valence-electron chi connectivity index (χ4n) is 3.54. The Morgan fingerprint density at radius 3 is 2.12 bits per heavy atom. The van der Waals surface area contributed by atoms with E-state index in [2.05, 4.69) is 15.6 Å². The van der Waals surface area contributed by atoms with Gasteiger partial charge in [0.05, 0.1) is 12.1 Å². The number of piperidine rings is 1. The number of benzene rings is 2. The van der Waals surface area contributed by atoms with Gasteiger partial charge in [-0.15, -0.1) is 24.0 Å². The zero-order chi connectivity index (χ0) is 23.0. The molecule has 5 nitrogen and oxygen atoms in total. The van der Waals surface area contributed by atoms with Crippen LogP contribution in [0.1, 0.15) is 53.2 Å². The van der Waals surface area contributed by atoms with Crippen molar-refractivity contribution in [3.8, 4) is 0 Å². The predicted molar refractivity (Wildman–Crippen MR) is 135 cm³/mol. The van der Waals surface area contributed by atoms with Crippen molar-refractivity contribution in [2.75, 3.05) is 19.6 Å². The Labute approximate surface area is 209 Å². The summed E-state index contributed by atoms with van der Waals surface area (Å²) in [5, 5.41) is 6.26. The lowest BCUT2D eigenvalue weighted by atomic mass is 10.1. The lowest BCUT2D eigenvalue weighted by Gasteiger charge is -2.26. The number of hydrogen-bond donors (Lipinski definition) is 2. The molecule has 0 aromatic heterocycles. The van der Waals surface area contributed by atoms with Gasteiger partial charge in [0.1, 0.15) is 0 Å². The number of nitrogens with one attached hydrogen (secondary N) is 2. The van der Waals surface area contributed by atoms with Crippen molar-refractivity contribution in [3.05, 3.63) is 70.8 Å². The molecule has 2 N–H and O–H groups in total. The van der Waals surface area contributed by atoms with Gasteiger partial charge in [-0.1, -0.05) is 24.3 Å². The van der Waals surface area contributed by atoms with E-state index in [9.17, 15) is 18.0 Å². The van der Waals surface area contributed by atoms with Gasteiger partial charge in [-0.2, -0.15) is 13.2 Å². The molecular weight excluding hydrogens is 544 g/mol. The third-order valence-electron chi connectivity index (χ3n) is 5.35. The molecule has 180 valence electrons. The molecule has 1 aliphatic rings. The number of aliphatic imine (C=N–C) groups is 1. The number of nitrogens with zero attached hydrogens (tertiary/aromatic N) is 2. The van der Waals surface area contributed by atoms with Crippen LogP contribution in [-0.2, 0) is 19.3 Å². The van der Waals surface area contributed by atoms with Crippen molar-refractivity contribution in [2.24, 2.45) is 4.99 Å². The second kappa shape index (κ2) is 12.8. The summed E-state index contributed by atoms with van der Waals surface area (Å²) in [6.45, 7) is 5.01. The quantitative estimate of drug-likeness (QED) is 0.283. The summed E-state index contributed by atoms with van der Waals surface area (Å²) < 4.78 is 38.1. The molecule has 2 aromatic rings. The van der Waals surface area contributed by atoms with Gasteiger partial charge >= 0.3 is 6.18 Å². The molecule has 0 aliphatic carbocycles. The van der Waals surface area contributed by atoms with Crippen LogP contribution in [0.3, 0.4) is 0 Å². The first kappa shape index (κ1) is 26.9. The number of hydrogen-bond acceptors (Lipinski definition) is 2. The van der Waals surface area contributed by atoms with Crippen molar-refractivity contribution in [1.82, 2.24) is 15.5 Å². The molecule has 1 fully saturated rings. The molecule has 1 aliphatic heterocycles. The highest BCUT2D eigenvalue weighted by Gasteiger charge is 2.29. The van der Waals surface area contributed by atoms with Crippen LogP contribution in [0.4, 0.5) is 13.2 Å². The highest BCUT2D eigenvalue weighted by molar-refractivity contribution is 14.0. The van der Waals surface area contributed by atoms with E-state index in [-0.39, 0.29) is 29.9 Å². The zero-order valence-corrected chi connectivity index (χ0v) is 21.0. The summed E-state index contributed by atoms with van der Waals surface area (Å²) in [6.07, 6.45) is -1.03. The Morgan fingerprint density at radius 1 is 0.939 bits per heavy atom. The minimum Gasteiger partial charge on any atom is -0.357 e. The average molecular weight is 574 g/mol. The van der Waals surface area contributed by atoms with E-state index in [1.54, 1.807) is 0 Å². The molecule has 1 amide bonds. The van der Waals surface area contributed by atoms with E-state index in [0.29, 0.717) is 31.2 Å². The molecule has 0 unspecified atom stereocenters. The Bertz CT molecular complexity index is 909. The van der Waals surface area contributed by atoms with E-state index in [1.807, 2.05) is 36.1 Å². The van der Waals surface area contributed by atoms with Crippen LogP contribution in [0.15, 0.2) is 53.5 Å². The van der Waals surface area contributed by atoms with Crippen LogP contribution in [0.25, 0.3) is 0 Å². The molecule has 9 heteroatoms. The molecule has 1 saturated heterocycles. The number of carbonyl (C=O) groups is 1. The van der Waals surface area contributed by atoms with Crippen LogP contribution < -0.4 is 10.6 Å². The van der Waals surface area contributed by atoms with Crippen LogP contribution in [0.5, 0.6) is 0 Å². The smallest absolute Gasteiger partial charge is 0.357 e. The summed E-state index contributed by atoms with van der Waals surface area (Å²) in [4.78, 5) is 19.0. The van der Waals surface area contributed by atoms with E-state index < -0.39 is 11.7 Å². The van der Waals surface area contributed by atoms with Crippen molar-refractivity contribution in [2.45, 2.75) is 45.5 Å². The third kappa shape index (κ3) is 8.21. The molecule has 0 bridgehead atoms. The molecular formula is C24H30F3IN4O. The molecule has 0 spiro atoms. The first-order valence-corrected chi connectivity index (χ1v) is 10.9. The Morgan fingerprint density at radius 2 is 1.55 bits per heavy atom. The Hall–Kier alpha value is -2.30. The fourth-order valence-corrected chi connectivity index (χ4v) is 3.54. The fraction of sp³-hybridized carbons (Fsp3) is 0.417. The SMILES string of the molecule is CCNC(=NCc1ccc(C(=O)N2CCCCC2)cc1)NCc1ccc(C(F)(F)F)cc1.I. The molecule has 0 radical (unpaired) electrons. The predicted octanol–water partition coefficient (Wildman–Crippen LogP) is 5.20. The van der Waals surface area contributed by atoms with Gasteiger partial charge in [0.15, 0.2) is 5.96 Å². The minimum absolute atomic E-state index is 0. The maximum Gasteiger partial charge on any atom is 0.416 e. The first-order chi connectivity index (χ1) is 15.4. The Balaban J connectivity index is 0.00000385. The summed E-state index contributed by atoms with van der Waals surface area (Å²) in [7, 11) is 0. The van der Waals surface area contributed by atoms with E-state index in [0.717, 1.165) is 49.2 Å². The number of likely N-dealkylation sites (tertiary alicyclic amines) is 1. The molecule has 2 aromatic carbocycles. The van der Waals surface area contributed by atoms with E-state index >= 15 is 0 Å². The maximum atomic E-state index is 12.7. The standard InChI is InChI=1S/C24H29F3N4O.HI/c1-2-28-23(30-17-19-8-12-21(13-9-19)24(25,26)27)29-16-18-6-10-20(11-7-18)22(32)31-14-4-3-5-15-31;/h6-13H,2-5,14-17H2,1H3,(H2,28,29,30);1H. The zero-order valence-electron chi connectivity index (χ0n) is 18.6. The normalized spacial score (nSPS) is 14.4. The minimum atomic E-state index is -4.34. The molecule has 0 saturated carbocycles. The summed E-state index contributed by atoms with van der Waals surface area (Å²) >= 11 is 0. The van der Waals surface area contributed by atoms with Crippen LogP contribution in [0, 0.1) is 0 Å². The number of guanidine groups is 1. The summed E-state index contributed by atoms with van der Waals surface area (Å²) in [5.41, 5.74) is 1.71. The molecule has 0 atom stereocenters. The van der Waals surface area contributed by atoms with E-state index in [4.69, 9.17) is 0 Å². The number of amides is 1. The van der Waals surface area contributed by atoms with Gasteiger partial charge in [0, 0.05) is 31.7 Å². The van der Waals surface area contributed by atoms with Gasteiger partial charge in [-0.05, 0) is 61.6 Å². The van der Waals surface area contributed by atoms with Crippen molar-refractivity contribution in [1.29, 1.82) is 0 Å². The lowest BCUT2D eigenvalue weighted by Crippen LogP contribution is -2.36. The second-order valence-corrected chi connectivity index (χ2v) is 7.79. The van der Waals surface area contributed by atoms with Gasteiger partial charge in [0.25, 0.3) is 5.91 Å². The van der Waals surface area contributed by atoms with Gasteiger partial charge in [-0.25, -0.2) is 4.99 Å². The van der Waals surface area contributed by atoms with Crippen LogP contribution in [0.2, 0.25) is 0 Å². The lowest BCUT2D eigenvalue weighted by molar-refractivity contribution is -0.137. The number of rotatable bonds is 6. The third-order valence-corrected chi connectivity index (χ3v) is 5.35. The highest BCUT2D eigenvalue weighted by atomic mass is 127. The summed E-state index contributed by atoms with van der Waals surface area (Å²) in [6, 6.07) is 12.5. The number of halogens is 4.